The van der Waals surface area contributed by atoms with Gasteiger partial charge in [0.2, 0.25) is 5.91 Å². The predicted molar refractivity (Wildman–Crippen MR) is 101 cm³/mol. The third kappa shape index (κ3) is 3.94. The molecular formula is C21H26N4O2. The van der Waals surface area contributed by atoms with Crippen LogP contribution in [0.1, 0.15) is 78.3 Å². The Morgan fingerprint density at radius 3 is 2.74 bits per heavy atom. The van der Waals surface area contributed by atoms with E-state index in [4.69, 9.17) is 0 Å². The van der Waals surface area contributed by atoms with Crippen LogP contribution in [-0.4, -0.2) is 38.3 Å². The van der Waals surface area contributed by atoms with E-state index in [1.807, 2.05) is 17.0 Å². The molecule has 1 aromatic carbocycles. The fraction of sp³-hybridized carbons (Fsp3) is 0.524. The Morgan fingerprint density at radius 1 is 1.07 bits per heavy atom. The Balaban J connectivity index is 1.39. The third-order valence-electron chi connectivity index (χ3n) is 5.81. The number of carbonyl (C=O) groups excluding carboxylic acids is 2. The van der Waals surface area contributed by atoms with Gasteiger partial charge in [-0.15, -0.1) is 0 Å². The number of aromatic nitrogens is 3. The van der Waals surface area contributed by atoms with E-state index in [1.165, 1.54) is 30.3 Å². The van der Waals surface area contributed by atoms with Gasteiger partial charge in [0.15, 0.2) is 5.78 Å². The van der Waals surface area contributed by atoms with Gasteiger partial charge in [-0.05, 0) is 62.1 Å². The zero-order valence-electron chi connectivity index (χ0n) is 15.6. The maximum absolute atomic E-state index is 12.8. The molecule has 0 radical (unpaired) electrons. The van der Waals surface area contributed by atoms with Gasteiger partial charge in [0.25, 0.3) is 0 Å². The van der Waals surface area contributed by atoms with Crippen molar-refractivity contribution < 1.29 is 9.59 Å². The van der Waals surface area contributed by atoms with Crippen molar-refractivity contribution in [2.45, 2.75) is 63.8 Å². The number of likely N-dealkylation sites (tertiary alicyclic amines) is 1. The lowest BCUT2D eigenvalue weighted by Gasteiger charge is -2.34. The summed E-state index contributed by atoms with van der Waals surface area (Å²) in [6, 6.07) is 6.01. The SMILES string of the molecule is O=C(CCC(=O)N1CCCCC1c1ncn[nH]1)c1ccc2c(c1)CCCC2. The maximum Gasteiger partial charge on any atom is 0.223 e. The van der Waals surface area contributed by atoms with Crippen LogP contribution in [0.4, 0.5) is 0 Å². The zero-order chi connectivity index (χ0) is 18.6. The lowest BCUT2D eigenvalue weighted by molar-refractivity contribution is -0.135. The van der Waals surface area contributed by atoms with Gasteiger partial charge in [0.05, 0.1) is 6.04 Å². The summed E-state index contributed by atoms with van der Waals surface area (Å²) in [5.74, 6) is 0.830. The summed E-state index contributed by atoms with van der Waals surface area (Å²) in [5, 5.41) is 6.80. The van der Waals surface area contributed by atoms with Crippen LogP contribution in [0.5, 0.6) is 0 Å². The Labute approximate surface area is 159 Å². The normalized spacial score (nSPS) is 19.6. The quantitative estimate of drug-likeness (QED) is 0.823. The Kier molecular flexibility index (Phi) is 5.32. The molecule has 1 saturated heterocycles. The van der Waals surface area contributed by atoms with Crippen LogP contribution >= 0.6 is 0 Å². The molecule has 1 unspecified atom stereocenters. The van der Waals surface area contributed by atoms with Crippen LogP contribution in [0.3, 0.4) is 0 Å². The number of hydrogen-bond acceptors (Lipinski definition) is 4. The number of fused-ring (bicyclic) bond motifs is 1. The summed E-state index contributed by atoms with van der Waals surface area (Å²) >= 11 is 0. The first kappa shape index (κ1) is 17.9. The van der Waals surface area contributed by atoms with E-state index in [0.717, 1.165) is 50.0 Å². The fourth-order valence-corrected chi connectivity index (χ4v) is 4.31. The molecule has 1 fully saturated rings. The highest BCUT2D eigenvalue weighted by Gasteiger charge is 2.30. The second-order valence-corrected chi connectivity index (χ2v) is 7.58. The first-order valence-corrected chi connectivity index (χ1v) is 10.0. The van der Waals surface area contributed by atoms with Crippen molar-refractivity contribution in [1.82, 2.24) is 20.1 Å². The molecule has 1 aromatic heterocycles. The monoisotopic (exact) mass is 366 g/mol. The first-order valence-electron chi connectivity index (χ1n) is 10.0. The summed E-state index contributed by atoms with van der Waals surface area (Å²) in [5.41, 5.74) is 3.42. The van der Waals surface area contributed by atoms with Crippen LogP contribution in [0.15, 0.2) is 24.5 Å². The zero-order valence-corrected chi connectivity index (χ0v) is 15.6. The minimum Gasteiger partial charge on any atom is -0.332 e. The standard InChI is InChI=1S/C21H26N4O2/c26-19(17-9-8-15-5-1-2-6-16(15)13-17)10-11-20(27)25-12-4-3-7-18(25)21-22-14-23-24-21/h8-9,13-14,18H,1-7,10-12H2,(H,22,23,24). The van der Waals surface area contributed by atoms with Gasteiger partial charge in [-0.2, -0.15) is 5.10 Å². The number of aryl methyl sites for hydroxylation is 2. The molecule has 1 aliphatic carbocycles. The van der Waals surface area contributed by atoms with Crippen molar-refractivity contribution in [3.63, 3.8) is 0 Å². The number of H-pyrrole nitrogens is 1. The van der Waals surface area contributed by atoms with E-state index < -0.39 is 0 Å². The molecule has 2 aliphatic rings. The highest BCUT2D eigenvalue weighted by Crippen LogP contribution is 2.29. The van der Waals surface area contributed by atoms with Gasteiger partial charge < -0.3 is 4.90 Å². The third-order valence-corrected chi connectivity index (χ3v) is 5.81. The second kappa shape index (κ2) is 8.03. The van der Waals surface area contributed by atoms with Crippen LogP contribution in [0, 0.1) is 0 Å². The first-order chi connectivity index (χ1) is 13.2. The van der Waals surface area contributed by atoms with Crippen molar-refractivity contribution in [2.75, 3.05) is 6.54 Å². The number of rotatable bonds is 5. The predicted octanol–water partition coefficient (Wildman–Crippen LogP) is 3.40. The average Bonchev–Trinajstić information content (AvgIpc) is 3.26. The van der Waals surface area contributed by atoms with Crippen LogP contribution in [-0.2, 0) is 17.6 Å². The summed E-state index contributed by atoms with van der Waals surface area (Å²) in [6.07, 6.45) is 9.54. The molecule has 142 valence electrons. The van der Waals surface area contributed by atoms with Gasteiger partial charge in [-0.25, -0.2) is 4.98 Å². The van der Waals surface area contributed by atoms with Crippen LogP contribution in [0.25, 0.3) is 0 Å². The molecule has 6 heteroatoms. The largest absolute Gasteiger partial charge is 0.332 e. The van der Waals surface area contributed by atoms with Crippen molar-refractivity contribution in [1.29, 1.82) is 0 Å². The number of nitrogens with one attached hydrogen (secondary N) is 1. The Morgan fingerprint density at radius 2 is 1.93 bits per heavy atom. The molecule has 0 saturated carbocycles. The van der Waals surface area contributed by atoms with Crippen molar-refractivity contribution in [2.24, 2.45) is 0 Å². The molecule has 27 heavy (non-hydrogen) atoms. The molecule has 1 N–H and O–H groups in total. The summed E-state index contributed by atoms with van der Waals surface area (Å²) in [7, 11) is 0. The molecule has 4 rings (SSSR count). The number of ketones is 1. The molecule has 2 heterocycles. The summed E-state index contributed by atoms with van der Waals surface area (Å²) < 4.78 is 0. The van der Waals surface area contributed by atoms with E-state index in [1.54, 1.807) is 0 Å². The van der Waals surface area contributed by atoms with Crippen molar-refractivity contribution >= 4 is 11.7 Å². The minimum atomic E-state index is -0.0485. The van der Waals surface area contributed by atoms with E-state index >= 15 is 0 Å². The molecule has 1 aliphatic heterocycles. The van der Waals surface area contributed by atoms with Crippen molar-refractivity contribution in [3.8, 4) is 0 Å². The number of benzene rings is 1. The molecule has 6 nitrogen and oxygen atoms in total. The highest BCUT2D eigenvalue weighted by atomic mass is 16.2. The molecule has 0 spiro atoms. The number of carbonyl (C=O) groups is 2. The smallest absolute Gasteiger partial charge is 0.223 e. The van der Waals surface area contributed by atoms with Gasteiger partial charge in [-0.1, -0.05) is 12.1 Å². The lowest BCUT2D eigenvalue weighted by Crippen LogP contribution is -2.39. The van der Waals surface area contributed by atoms with Crippen LogP contribution in [0.2, 0.25) is 0 Å². The Bertz CT molecular complexity index is 816. The minimum absolute atomic E-state index is 0.0300. The highest BCUT2D eigenvalue weighted by molar-refractivity contribution is 5.98. The average molecular weight is 366 g/mol. The number of amides is 1. The number of piperidine rings is 1. The maximum atomic E-state index is 12.8. The fourth-order valence-electron chi connectivity index (χ4n) is 4.31. The second-order valence-electron chi connectivity index (χ2n) is 7.58. The number of aromatic amines is 1. The molecule has 1 amide bonds. The number of nitrogens with zero attached hydrogens (tertiary/aromatic N) is 3. The van der Waals surface area contributed by atoms with E-state index in [2.05, 4.69) is 21.2 Å². The number of hydrogen-bond donors (Lipinski definition) is 1. The van der Waals surface area contributed by atoms with Crippen LogP contribution < -0.4 is 0 Å². The molecule has 1 atom stereocenters. The summed E-state index contributed by atoms with van der Waals surface area (Å²) in [4.78, 5) is 31.5. The van der Waals surface area contributed by atoms with E-state index in [0.29, 0.717) is 0 Å². The number of Topliss-reactive ketones (excluding diaryl/α,β-unsaturated/α-hetero) is 1. The molecule has 0 bridgehead atoms. The molecule has 2 aromatic rings. The van der Waals surface area contributed by atoms with Crippen molar-refractivity contribution in [3.05, 3.63) is 47.0 Å². The lowest BCUT2D eigenvalue weighted by atomic mass is 9.89. The van der Waals surface area contributed by atoms with Gasteiger partial charge in [-0.3, -0.25) is 14.7 Å². The van der Waals surface area contributed by atoms with E-state index in [9.17, 15) is 9.59 Å². The molecular weight excluding hydrogens is 340 g/mol. The summed E-state index contributed by atoms with van der Waals surface area (Å²) in [6.45, 7) is 0.719. The van der Waals surface area contributed by atoms with E-state index in [-0.39, 0.29) is 30.6 Å². The van der Waals surface area contributed by atoms with Gasteiger partial charge in [0.1, 0.15) is 12.2 Å². The topological polar surface area (TPSA) is 79.0 Å². The van der Waals surface area contributed by atoms with Gasteiger partial charge in [0, 0.05) is 24.9 Å². The Hall–Kier alpha value is -2.50. The van der Waals surface area contributed by atoms with Gasteiger partial charge >= 0.3 is 0 Å².